The van der Waals surface area contributed by atoms with Gasteiger partial charge in [0.25, 0.3) is 11.5 Å². The summed E-state index contributed by atoms with van der Waals surface area (Å²) in [6.07, 6.45) is -0.262. The first-order valence-electron chi connectivity index (χ1n) is 13.4. The lowest BCUT2D eigenvalue weighted by Gasteiger charge is -2.53. The molecule has 230 valence electrons. The molecule has 0 bridgehead atoms. The fourth-order valence-electron chi connectivity index (χ4n) is 6.62. The molecule has 1 saturated carbocycles. The monoisotopic (exact) mass is 608 g/mol. The standard InChI is InChI=1S/C27H28N8O9/c1-26(43)9-5-4-6-12(36)13(9)18(37)14-10(26)7-11-17(35(2)3)19(38)15(21(40)27(11,44)20(14)39)23(41)28-8-29-25-30-22-16(24(42)31-25)32-34-33-22/h4-6,10-11,17,36-37,40,43-44H,7-8H2,1-3H3,(H,28,41)(H3,29,30,31,32,33,34,42)/t10-,11-,17-,26-,27-/m0/s1. The van der Waals surface area contributed by atoms with Crippen molar-refractivity contribution in [3.63, 3.8) is 0 Å². The molecule has 3 aromatic rings. The molecule has 0 spiro atoms. The number of amides is 1. The van der Waals surface area contributed by atoms with Crippen LogP contribution < -0.4 is 16.2 Å². The maximum Gasteiger partial charge on any atom is 0.282 e. The van der Waals surface area contributed by atoms with Crippen LogP contribution in [0.3, 0.4) is 0 Å². The number of nitrogens with one attached hydrogen (secondary N) is 4. The number of fused-ring (bicyclic) bond motifs is 4. The number of Topliss-reactive ketones (excluding diaryl/α,β-unsaturated/α-hetero) is 2. The van der Waals surface area contributed by atoms with E-state index >= 15 is 0 Å². The Labute approximate surface area is 246 Å². The molecule has 3 aliphatic rings. The van der Waals surface area contributed by atoms with Crippen LogP contribution >= 0.6 is 0 Å². The van der Waals surface area contributed by atoms with Gasteiger partial charge in [-0.15, -0.1) is 10.2 Å². The van der Waals surface area contributed by atoms with E-state index in [2.05, 4.69) is 36.0 Å². The molecule has 3 aliphatic carbocycles. The molecule has 44 heavy (non-hydrogen) atoms. The van der Waals surface area contributed by atoms with Crippen LogP contribution in [0.1, 0.15) is 24.5 Å². The van der Waals surface area contributed by atoms with Crippen molar-refractivity contribution in [2.75, 3.05) is 26.1 Å². The first kappa shape index (κ1) is 29.0. The van der Waals surface area contributed by atoms with Gasteiger partial charge in [-0.25, -0.2) is 0 Å². The Kier molecular flexibility index (Phi) is 6.38. The van der Waals surface area contributed by atoms with Crippen molar-refractivity contribution in [2.45, 2.75) is 30.6 Å². The zero-order chi connectivity index (χ0) is 31.9. The number of anilines is 1. The van der Waals surface area contributed by atoms with Crippen LogP contribution in [0.4, 0.5) is 5.95 Å². The normalized spacial score (nSPS) is 28.2. The Morgan fingerprint density at radius 1 is 1.14 bits per heavy atom. The highest BCUT2D eigenvalue weighted by Crippen LogP contribution is 2.57. The van der Waals surface area contributed by atoms with Crippen molar-refractivity contribution < 1.29 is 39.9 Å². The number of H-pyrrole nitrogens is 2. The number of carbonyl (C=O) groups excluding carboxylic acids is 3. The summed E-state index contributed by atoms with van der Waals surface area (Å²) in [6, 6.07) is 2.88. The molecule has 1 amide bonds. The molecule has 0 aliphatic heterocycles. The van der Waals surface area contributed by atoms with Gasteiger partial charge in [0.15, 0.2) is 16.9 Å². The van der Waals surface area contributed by atoms with Crippen molar-refractivity contribution >= 4 is 40.3 Å². The average Bonchev–Trinajstić information content (AvgIpc) is 3.43. The van der Waals surface area contributed by atoms with Gasteiger partial charge >= 0.3 is 0 Å². The van der Waals surface area contributed by atoms with E-state index in [1.165, 1.54) is 44.1 Å². The zero-order valence-electron chi connectivity index (χ0n) is 23.5. The van der Waals surface area contributed by atoms with E-state index in [0.717, 1.165) is 0 Å². The molecule has 1 aromatic carbocycles. The third kappa shape index (κ3) is 3.86. The van der Waals surface area contributed by atoms with E-state index in [-0.39, 0.29) is 34.7 Å². The van der Waals surface area contributed by atoms with Gasteiger partial charge in [0.05, 0.1) is 23.9 Å². The number of aliphatic hydroxyl groups excluding tert-OH is 2. The van der Waals surface area contributed by atoms with E-state index in [0.29, 0.717) is 0 Å². The largest absolute Gasteiger partial charge is 0.508 e. The maximum absolute atomic E-state index is 14.1. The molecular weight excluding hydrogens is 580 g/mol. The summed E-state index contributed by atoms with van der Waals surface area (Å²) in [4.78, 5) is 61.1. The molecule has 2 aromatic heterocycles. The first-order valence-corrected chi connectivity index (χ1v) is 13.4. The SMILES string of the molecule is CN(C)[C@@H]1C(=O)C(C(=O)NCNc2nc3n[nH]nc3c(=O)[nH]2)=C(O)[C@@]2(O)C(=O)C3=C(O)c4c(O)cccc4[C@](C)(O)[C@H]3C[C@@H]12. The minimum Gasteiger partial charge on any atom is -0.508 e. The molecule has 5 atom stereocenters. The van der Waals surface area contributed by atoms with Crippen molar-refractivity contribution in [1.82, 2.24) is 35.6 Å². The zero-order valence-corrected chi connectivity index (χ0v) is 23.5. The van der Waals surface area contributed by atoms with Crippen LogP contribution in [-0.2, 0) is 20.0 Å². The number of carbonyl (C=O) groups is 3. The van der Waals surface area contributed by atoms with Crippen LogP contribution in [-0.4, -0.2) is 106 Å². The summed E-state index contributed by atoms with van der Waals surface area (Å²) in [7, 11) is 2.98. The number of aromatic nitrogens is 5. The highest BCUT2D eigenvalue weighted by molar-refractivity contribution is 6.25. The van der Waals surface area contributed by atoms with Gasteiger partial charge in [-0.1, -0.05) is 12.1 Å². The average molecular weight is 609 g/mol. The molecule has 17 heteroatoms. The Morgan fingerprint density at radius 3 is 2.57 bits per heavy atom. The number of aromatic hydroxyl groups is 1. The summed E-state index contributed by atoms with van der Waals surface area (Å²) in [6.45, 7) is 0.962. The number of rotatable bonds is 5. The molecule has 17 nitrogen and oxygen atoms in total. The van der Waals surface area contributed by atoms with Gasteiger partial charge in [-0.2, -0.15) is 10.2 Å². The number of likely N-dealkylation sites (N-methyl/N-ethyl adjacent to an activating group) is 1. The van der Waals surface area contributed by atoms with E-state index in [1.807, 2.05) is 0 Å². The molecule has 0 radical (unpaired) electrons. The predicted octanol–water partition coefficient (Wildman–Crippen LogP) is -1.32. The summed E-state index contributed by atoms with van der Waals surface area (Å²) < 4.78 is 0. The minimum atomic E-state index is -2.86. The summed E-state index contributed by atoms with van der Waals surface area (Å²) in [5.41, 5.74) is -6.78. The van der Waals surface area contributed by atoms with E-state index < -0.39 is 87.2 Å². The molecule has 6 rings (SSSR count). The van der Waals surface area contributed by atoms with Gasteiger partial charge in [0.2, 0.25) is 17.4 Å². The topological polar surface area (TPSA) is 267 Å². The van der Waals surface area contributed by atoms with Crippen LogP contribution in [0, 0.1) is 11.8 Å². The quantitative estimate of drug-likeness (QED) is 0.120. The van der Waals surface area contributed by atoms with Crippen molar-refractivity contribution in [3.8, 4) is 5.75 Å². The predicted molar refractivity (Wildman–Crippen MR) is 150 cm³/mol. The molecule has 0 saturated heterocycles. The highest BCUT2D eigenvalue weighted by atomic mass is 16.3. The number of phenolic OH excluding ortho intramolecular Hbond substituents is 1. The summed E-state index contributed by atoms with van der Waals surface area (Å²) in [5, 5.41) is 71.2. The molecule has 9 N–H and O–H groups in total. The molecule has 2 heterocycles. The van der Waals surface area contributed by atoms with Crippen molar-refractivity contribution in [1.29, 1.82) is 0 Å². The third-order valence-corrected chi connectivity index (χ3v) is 8.70. The van der Waals surface area contributed by atoms with E-state index in [9.17, 15) is 44.7 Å². The lowest BCUT2D eigenvalue weighted by Crippen LogP contribution is -2.67. The second kappa shape index (κ2) is 9.69. The first-order chi connectivity index (χ1) is 20.7. The third-order valence-electron chi connectivity index (χ3n) is 8.70. The number of ketones is 2. The maximum atomic E-state index is 14.1. The second-order valence-electron chi connectivity index (χ2n) is 11.4. The van der Waals surface area contributed by atoms with Gasteiger partial charge in [0.1, 0.15) is 22.8 Å². The van der Waals surface area contributed by atoms with Gasteiger partial charge in [-0.3, -0.25) is 29.1 Å². The van der Waals surface area contributed by atoms with Crippen LogP contribution in [0.5, 0.6) is 5.75 Å². The number of phenols is 1. The Bertz CT molecular complexity index is 1890. The van der Waals surface area contributed by atoms with Crippen LogP contribution in [0.2, 0.25) is 0 Å². The Balaban J connectivity index is 1.39. The lowest BCUT2D eigenvalue weighted by molar-refractivity contribution is -0.159. The fourth-order valence-corrected chi connectivity index (χ4v) is 6.62. The number of aromatic amines is 2. The number of hydrogen-bond donors (Lipinski definition) is 9. The van der Waals surface area contributed by atoms with E-state index in [4.69, 9.17) is 0 Å². The second-order valence-corrected chi connectivity index (χ2v) is 11.4. The molecule has 0 unspecified atom stereocenters. The molecule has 1 fully saturated rings. The van der Waals surface area contributed by atoms with Crippen molar-refractivity contribution in [3.05, 3.63) is 56.6 Å². The number of aliphatic hydroxyl groups is 4. The highest BCUT2D eigenvalue weighted by Gasteiger charge is 2.66. The molecular formula is C27H28N8O9. The van der Waals surface area contributed by atoms with Crippen LogP contribution in [0.15, 0.2) is 39.9 Å². The Hall–Kier alpha value is -5.13. The summed E-state index contributed by atoms with van der Waals surface area (Å²) >= 11 is 0. The van der Waals surface area contributed by atoms with Gasteiger partial charge in [0, 0.05) is 17.4 Å². The van der Waals surface area contributed by atoms with Gasteiger partial charge in [-0.05, 0) is 39.1 Å². The minimum absolute atomic E-state index is 0.00298. The van der Waals surface area contributed by atoms with Crippen LogP contribution in [0.25, 0.3) is 16.9 Å². The number of benzene rings is 1. The lowest BCUT2D eigenvalue weighted by atomic mass is 9.54. The smallest absolute Gasteiger partial charge is 0.282 e. The van der Waals surface area contributed by atoms with Crippen molar-refractivity contribution in [2.24, 2.45) is 11.8 Å². The van der Waals surface area contributed by atoms with E-state index in [1.54, 1.807) is 0 Å². The summed E-state index contributed by atoms with van der Waals surface area (Å²) in [5.74, 6) is -8.21. The number of hydrogen-bond acceptors (Lipinski definition) is 14. The number of nitrogens with zero attached hydrogens (tertiary/aromatic N) is 4. The fraction of sp³-hybridized carbons (Fsp3) is 0.370. The Morgan fingerprint density at radius 2 is 1.86 bits per heavy atom. The van der Waals surface area contributed by atoms with Gasteiger partial charge < -0.3 is 36.2 Å².